The molecule has 0 spiro atoms. The molecule has 0 aromatic rings. The molecule has 0 aliphatic heterocycles. The number of nitrogens with two attached hydrogens (primary N) is 1. The summed E-state index contributed by atoms with van der Waals surface area (Å²) < 4.78 is 10.4. The van der Waals surface area contributed by atoms with Gasteiger partial charge in [0.1, 0.15) is 0 Å². The molecule has 1 rings (SSSR count). The van der Waals surface area contributed by atoms with Crippen molar-refractivity contribution in [3.63, 3.8) is 0 Å². The second kappa shape index (κ2) is 9.83. The summed E-state index contributed by atoms with van der Waals surface area (Å²) in [6.45, 7) is 5.14. The van der Waals surface area contributed by atoms with Crippen LogP contribution in [0.4, 0.5) is 0 Å². The van der Waals surface area contributed by atoms with Crippen molar-refractivity contribution in [2.24, 2.45) is 5.73 Å². The molecule has 0 aromatic carbocycles. The molecule has 0 heterocycles. The Balaban J connectivity index is 2.07. The molecule has 2 N–H and O–H groups in total. The fraction of sp³-hybridized carbons (Fsp3) is 1.00. The highest BCUT2D eigenvalue weighted by Gasteiger charge is 2.21. The van der Waals surface area contributed by atoms with Crippen LogP contribution in [-0.2, 0) is 9.47 Å². The zero-order valence-corrected chi connectivity index (χ0v) is 11.2. The van der Waals surface area contributed by atoms with E-state index in [-0.39, 0.29) is 0 Å². The Labute approximate surface area is 105 Å². The molecule has 1 saturated carbocycles. The smallest absolute Gasteiger partial charge is 0.0700 e. The van der Waals surface area contributed by atoms with Crippen molar-refractivity contribution in [1.29, 1.82) is 0 Å². The van der Waals surface area contributed by atoms with E-state index in [1.54, 1.807) is 7.11 Å². The summed E-state index contributed by atoms with van der Waals surface area (Å²) in [6.07, 6.45) is 6.57. The average Bonchev–Trinajstić information content (AvgIpc) is 2.86. The van der Waals surface area contributed by atoms with Gasteiger partial charge in [-0.3, -0.25) is 4.90 Å². The van der Waals surface area contributed by atoms with Crippen LogP contribution in [-0.4, -0.2) is 57.5 Å². The van der Waals surface area contributed by atoms with Gasteiger partial charge in [-0.05, 0) is 19.3 Å². The highest BCUT2D eigenvalue weighted by molar-refractivity contribution is 4.77. The van der Waals surface area contributed by atoms with Crippen molar-refractivity contribution in [2.75, 3.05) is 46.6 Å². The minimum absolute atomic E-state index is 0.690. The van der Waals surface area contributed by atoms with E-state index in [1.807, 2.05) is 0 Å². The first-order valence-electron chi connectivity index (χ1n) is 6.89. The quantitative estimate of drug-likeness (QED) is 0.587. The summed E-state index contributed by atoms with van der Waals surface area (Å²) in [5.74, 6) is 0. The molecule has 1 fully saturated rings. The van der Waals surface area contributed by atoms with Crippen molar-refractivity contribution < 1.29 is 9.47 Å². The lowest BCUT2D eigenvalue weighted by atomic mass is 10.2. The van der Waals surface area contributed by atoms with E-state index in [0.29, 0.717) is 13.2 Å². The van der Waals surface area contributed by atoms with Gasteiger partial charge in [0.15, 0.2) is 0 Å². The lowest BCUT2D eigenvalue weighted by molar-refractivity contribution is 0.0629. The molecule has 17 heavy (non-hydrogen) atoms. The Bertz CT molecular complexity index is 173. The topological polar surface area (TPSA) is 47.7 Å². The maximum atomic E-state index is 5.68. The number of hydrogen-bond acceptors (Lipinski definition) is 4. The van der Waals surface area contributed by atoms with E-state index in [9.17, 15) is 0 Å². The zero-order chi connectivity index (χ0) is 12.3. The van der Waals surface area contributed by atoms with E-state index in [4.69, 9.17) is 15.2 Å². The minimum Gasteiger partial charge on any atom is -0.382 e. The third kappa shape index (κ3) is 6.36. The molecule has 4 heteroatoms. The lowest BCUT2D eigenvalue weighted by Gasteiger charge is -2.28. The number of rotatable bonds is 10. The summed E-state index contributed by atoms with van der Waals surface area (Å²) in [5, 5.41) is 0. The Hall–Kier alpha value is -0.160. The summed E-state index contributed by atoms with van der Waals surface area (Å²) in [6, 6.07) is 0.775. The number of methoxy groups -OCH3 is 1. The first kappa shape index (κ1) is 14.9. The van der Waals surface area contributed by atoms with Gasteiger partial charge in [-0.2, -0.15) is 0 Å². The number of nitrogens with zero attached hydrogens (tertiary/aromatic N) is 1. The predicted octanol–water partition coefficient (Wildman–Crippen LogP) is 1.24. The molecule has 0 radical (unpaired) electrons. The molecule has 0 aromatic heterocycles. The number of hydrogen-bond donors (Lipinski definition) is 1. The van der Waals surface area contributed by atoms with Gasteiger partial charge in [-0.15, -0.1) is 0 Å². The molecule has 0 unspecified atom stereocenters. The Morgan fingerprint density at radius 3 is 2.53 bits per heavy atom. The van der Waals surface area contributed by atoms with Crippen LogP contribution < -0.4 is 5.73 Å². The van der Waals surface area contributed by atoms with Gasteiger partial charge in [0.05, 0.1) is 13.2 Å². The molecule has 1 aliphatic carbocycles. The van der Waals surface area contributed by atoms with Gasteiger partial charge in [0, 0.05) is 39.4 Å². The molecule has 102 valence electrons. The summed E-state index contributed by atoms with van der Waals surface area (Å²) in [5.41, 5.74) is 5.68. The fourth-order valence-electron chi connectivity index (χ4n) is 2.53. The van der Waals surface area contributed by atoms with E-state index >= 15 is 0 Å². The average molecular weight is 244 g/mol. The van der Waals surface area contributed by atoms with Crippen LogP contribution in [0.5, 0.6) is 0 Å². The highest BCUT2D eigenvalue weighted by Crippen LogP contribution is 2.23. The second-order valence-corrected chi connectivity index (χ2v) is 4.72. The predicted molar refractivity (Wildman–Crippen MR) is 70.2 cm³/mol. The summed E-state index contributed by atoms with van der Waals surface area (Å²) >= 11 is 0. The van der Waals surface area contributed by atoms with Gasteiger partial charge < -0.3 is 15.2 Å². The van der Waals surface area contributed by atoms with Crippen molar-refractivity contribution in [3.8, 4) is 0 Å². The first-order valence-corrected chi connectivity index (χ1v) is 6.89. The standard InChI is InChI=1S/C13H28N2O2/c1-16-11-12-17-10-4-8-15(9-7-14)13-5-2-3-6-13/h13H,2-12,14H2,1H3. The van der Waals surface area contributed by atoms with Crippen molar-refractivity contribution >= 4 is 0 Å². The first-order chi connectivity index (χ1) is 8.38. The Morgan fingerprint density at radius 2 is 1.88 bits per heavy atom. The molecule has 0 atom stereocenters. The largest absolute Gasteiger partial charge is 0.382 e. The van der Waals surface area contributed by atoms with E-state index in [2.05, 4.69) is 4.90 Å². The molecule has 0 amide bonds. The van der Waals surface area contributed by atoms with E-state index < -0.39 is 0 Å². The normalized spacial score (nSPS) is 17.1. The number of ether oxygens (including phenoxy) is 2. The maximum Gasteiger partial charge on any atom is 0.0700 e. The highest BCUT2D eigenvalue weighted by atomic mass is 16.5. The summed E-state index contributed by atoms with van der Waals surface area (Å²) in [4.78, 5) is 2.55. The van der Waals surface area contributed by atoms with Gasteiger partial charge in [-0.1, -0.05) is 12.8 Å². The van der Waals surface area contributed by atoms with Crippen LogP contribution >= 0.6 is 0 Å². The van der Waals surface area contributed by atoms with Crippen molar-refractivity contribution in [3.05, 3.63) is 0 Å². The Morgan fingerprint density at radius 1 is 1.12 bits per heavy atom. The lowest BCUT2D eigenvalue weighted by Crippen LogP contribution is -2.38. The molecular weight excluding hydrogens is 216 g/mol. The summed E-state index contributed by atoms with van der Waals surface area (Å²) in [7, 11) is 1.70. The molecule has 1 aliphatic rings. The maximum absolute atomic E-state index is 5.68. The third-order valence-electron chi connectivity index (χ3n) is 3.42. The molecule has 4 nitrogen and oxygen atoms in total. The van der Waals surface area contributed by atoms with Crippen LogP contribution in [0.2, 0.25) is 0 Å². The van der Waals surface area contributed by atoms with E-state index in [0.717, 1.165) is 38.7 Å². The van der Waals surface area contributed by atoms with E-state index in [1.165, 1.54) is 25.7 Å². The monoisotopic (exact) mass is 244 g/mol. The van der Waals surface area contributed by atoms with Crippen molar-refractivity contribution in [1.82, 2.24) is 4.90 Å². The van der Waals surface area contributed by atoms with Crippen LogP contribution in [0.15, 0.2) is 0 Å². The Kier molecular flexibility index (Phi) is 8.61. The van der Waals surface area contributed by atoms with Crippen molar-refractivity contribution in [2.45, 2.75) is 38.1 Å². The molecule has 0 saturated heterocycles. The van der Waals surface area contributed by atoms with Gasteiger partial charge in [0.2, 0.25) is 0 Å². The van der Waals surface area contributed by atoms with Gasteiger partial charge in [0.25, 0.3) is 0 Å². The van der Waals surface area contributed by atoms with Crippen LogP contribution in [0, 0.1) is 0 Å². The molecule has 0 bridgehead atoms. The third-order valence-corrected chi connectivity index (χ3v) is 3.42. The second-order valence-electron chi connectivity index (χ2n) is 4.72. The van der Waals surface area contributed by atoms with Gasteiger partial charge in [-0.25, -0.2) is 0 Å². The van der Waals surface area contributed by atoms with Crippen LogP contribution in [0.3, 0.4) is 0 Å². The van der Waals surface area contributed by atoms with Crippen LogP contribution in [0.25, 0.3) is 0 Å². The van der Waals surface area contributed by atoms with Gasteiger partial charge >= 0.3 is 0 Å². The fourth-order valence-corrected chi connectivity index (χ4v) is 2.53. The molecular formula is C13H28N2O2. The zero-order valence-electron chi connectivity index (χ0n) is 11.2. The van der Waals surface area contributed by atoms with Crippen LogP contribution in [0.1, 0.15) is 32.1 Å². The minimum atomic E-state index is 0.690. The SMILES string of the molecule is COCCOCCCN(CCN)C1CCCC1.